The molecule has 0 spiro atoms. The number of nitrogens with zero attached hydrogens (tertiary/aromatic N) is 8. The highest BCUT2D eigenvalue weighted by molar-refractivity contribution is 9.10. The highest BCUT2D eigenvalue weighted by Gasteiger charge is 2.34. The summed E-state index contributed by atoms with van der Waals surface area (Å²) < 4.78 is 8.38. The summed E-state index contributed by atoms with van der Waals surface area (Å²) in [5, 5.41) is 21.2. The number of hydrogen-bond acceptors (Lipinski definition) is 10. The van der Waals surface area contributed by atoms with Crippen LogP contribution in [0, 0.1) is 24.2 Å². The maximum Gasteiger partial charge on any atom is 0.229 e. The Balaban J connectivity index is 1.17. The van der Waals surface area contributed by atoms with Crippen LogP contribution >= 0.6 is 23.9 Å². The first-order valence-electron chi connectivity index (χ1n) is 14.5. The third kappa shape index (κ3) is 6.12. The number of methoxy groups -OCH3 is 1. The van der Waals surface area contributed by atoms with Crippen molar-refractivity contribution in [1.29, 1.82) is 5.26 Å². The first-order chi connectivity index (χ1) is 20.8. The van der Waals surface area contributed by atoms with Gasteiger partial charge in [0.2, 0.25) is 5.95 Å². The van der Waals surface area contributed by atoms with Gasteiger partial charge in [0.05, 0.1) is 29.0 Å². The van der Waals surface area contributed by atoms with E-state index in [-0.39, 0.29) is 0 Å². The molecular weight excluding hydrogens is 627 g/mol. The number of aromatic nitrogens is 5. The van der Waals surface area contributed by atoms with E-state index in [4.69, 9.17) is 15.0 Å². The summed E-state index contributed by atoms with van der Waals surface area (Å²) in [6, 6.07) is 9.16. The van der Waals surface area contributed by atoms with E-state index < -0.39 is 7.92 Å². The molecular formula is C30H36BrN10OP. The zero-order chi connectivity index (χ0) is 30.1. The number of benzene rings is 1. The van der Waals surface area contributed by atoms with Gasteiger partial charge in [-0.15, -0.1) is 0 Å². The average Bonchev–Trinajstić information content (AvgIpc) is 3.45. The molecule has 2 aliphatic heterocycles. The highest BCUT2D eigenvalue weighted by atomic mass is 79.9. The number of likely N-dealkylation sites (tertiary alicyclic amines) is 1. The van der Waals surface area contributed by atoms with Gasteiger partial charge in [-0.1, -0.05) is 7.92 Å². The van der Waals surface area contributed by atoms with Gasteiger partial charge in [-0.3, -0.25) is 4.90 Å². The van der Waals surface area contributed by atoms with Crippen LogP contribution in [0.3, 0.4) is 0 Å². The van der Waals surface area contributed by atoms with Crippen molar-refractivity contribution < 1.29 is 4.74 Å². The monoisotopic (exact) mass is 662 g/mol. The Morgan fingerprint density at radius 3 is 2.65 bits per heavy atom. The van der Waals surface area contributed by atoms with Gasteiger partial charge in [-0.2, -0.15) is 15.3 Å². The summed E-state index contributed by atoms with van der Waals surface area (Å²) in [4.78, 5) is 18.8. The van der Waals surface area contributed by atoms with Crippen molar-refractivity contribution in [3.8, 4) is 11.8 Å². The van der Waals surface area contributed by atoms with Crippen molar-refractivity contribution in [3.63, 3.8) is 0 Å². The second-order valence-corrected chi connectivity index (χ2v) is 14.5. The Labute approximate surface area is 261 Å². The number of hydrogen-bond donors (Lipinski definition) is 2. The van der Waals surface area contributed by atoms with E-state index in [9.17, 15) is 0 Å². The lowest BCUT2D eigenvalue weighted by molar-refractivity contribution is 0.0435. The molecule has 43 heavy (non-hydrogen) atoms. The molecule has 13 heteroatoms. The molecule has 224 valence electrons. The van der Waals surface area contributed by atoms with E-state index in [2.05, 4.69) is 89.9 Å². The summed E-state index contributed by atoms with van der Waals surface area (Å²) in [7, 11) is 1.23. The molecule has 11 nitrogen and oxygen atoms in total. The fraction of sp³-hybridized carbons (Fsp3) is 0.433. The highest BCUT2D eigenvalue weighted by Crippen LogP contribution is 2.38. The van der Waals surface area contributed by atoms with E-state index in [1.807, 2.05) is 12.3 Å². The molecule has 2 saturated heterocycles. The Hall–Kier alpha value is -3.52. The summed E-state index contributed by atoms with van der Waals surface area (Å²) >= 11 is 3.61. The van der Waals surface area contributed by atoms with Crippen LogP contribution in [-0.4, -0.2) is 82.1 Å². The Morgan fingerprint density at radius 1 is 1.14 bits per heavy atom. The number of halogens is 1. The molecule has 0 atom stereocenters. The molecule has 0 bridgehead atoms. The molecule has 0 unspecified atom stereocenters. The zero-order valence-electron chi connectivity index (χ0n) is 24.9. The first-order valence-corrected chi connectivity index (χ1v) is 17.5. The molecule has 2 fully saturated rings. The minimum Gasteiger partial charge on any atom is -0.494 e. The third-order valence-electron chi connectivity index (χ3n) is 8.32. The topological polar surface area (TPSA) is 120 Å². The second kappa shape index (κ2) is 12.6. The number of ether oxygens (including phenoxy) is 1. The van der Waals surface area contributed by atoms with Gasteiger partial charge in [0.1, 0.15) is 17.9 Å². The molecule has 0 amide bonds. The van der Waals surface area contributed by atoms with E-state index in [0.717, 1.165) is 71.6 Å². The summed E-state index contributed by atoms with van der Waals surface area (Å²) in [5.74, 6) is 2.41. The lowest BCUT2D eigenvalue weighted by Gasteiger charge is -2.47. The van der Waals surface area contributed by atoms with Crippen LogP contribution in [0.25, 0.3) is 5.65 Å². The van der Waals surface area contributed by atoms with Crippen molar-refractivity contribution in [1.82, 2.24) is 29.5 Å². The Bertz CT molecular complexity index is 1660. The largest absolute Gasteiger partial charge is 0.494 e. The third-order valence-corrected chi connectivity index (χ3v) is 10.2. The molecule has 6 rings (SSSR count). The lowest BCUT2D eigenvalue weighted by Crippen LogP contribution is -2.55. The van der Waals surface area contributed by atoms with Crippen LogP contribution in [0.15, 0.2) is 41.4 Å². The van der Waals surface area contributed by atoms with Crippen molar-refractivity contribution in [2.75, 3.05) is 62.2 Å². The molecule has 3 aromatic heterocycles. The summed E-state index contributed by atoms with van der Waals surface area (Å²) in [6.45, 7) is 10.7. The van der Waals surface area contributed by atoms with E-state index in [1.165, 1.54) is 11.3 Å². The van der Waals surface area contributed by atoms with Gasteiger partial charge < -0.3 is 20.3 Å². The van der Waals surface area contributed by atoms with Gasteiger partial charge >= 0.3 is 0 Å². The van der Waals surface area contributed by atoms with Crippen molar-refractivity contribution in [2.45, 2.75) is 32.2 Å². The summed E-state index contributed by atoms with van der Waals surface area (Å²) in [6.07, 6.45) is 8.16. The normalized spacial score (nSPS) is 16.3. The average molecular weight is 664 g/mol. The molecule has 0 radical (unpaired) electrons. The first kappa shape index (κ1) is 29.5. The molecule has 1 aromatic carbocycles. The molecule has 0 saturated carbocycles. The number of pyridine rings is 1. The molecule has 2 aliphatic rings. The lowest BCUT2D eigenvalue weighted by atomic mass is 9.91. The maximum absolute atomic E-state index is 8.95. The zero-order valence-corrected chi connectivity index (χ0v) is 27.4. The predicted molar refractivity (Wildman–Crippen MR) is 176 cm³/mol. The van der Waals surface area contributed by atoms with Gasteiger partial charge in [0.25, 0.3) is 0 Å². The fourth-order valence-electron chi connectivity index (χ4n) is 6.10. The number of piperidine rings is 1. The van der Waals surface area contributed by atoms with E-state index >= 15 is 0 Å². The van der Waals surface area contributed by atoms with Crippen molar-refractivity contribution in [3.05, 3.63) is 47.0 Å². The standard InChI is InChI=1S/C30H36BrN10OP/c1-19-13-24(26(42-2)14-25(19)39-10-6-21(7-11-39)40-16-20(17-40)5-9-32)37-30-33-15-22(31)28(38-30)36-23-8-12-41-29(34-18-35-41)27(23)43(3)4/h8,12-15,18,20-21H,5-7,10-11,16-17H2,1-4H3,(H2,33,36,37,38). The van der Waals surface area contributed by atoms with Gasteiger partial charge in [-0.05, 0) is 72.6 Å². The van der Waals surface area contributed by atoms with Crippen LogP contribution in [0.5, 0.6) is 5.75 Å². The van der Waals surface area contributed by atoms with Crippen LogP contribution in [0.4, 0.5) is 28.8 Å². The molecule has 0 aliphatic carbocycles. The predicted octanol–water partition coefficient (Wildman–Crippen LogP) is 5.27. The quantitative estimate of drug-likeness (QED) is 0.230. The van der Waals surface area contributed by atoms with Crippen molar-refractivity contribution in [2.24, 2.45) is 5.92 Å². The van der Waals surface area contributed by atoms with E-state index in [1.54, 1.807) is 24.1 Å². The number of anilines is 5. The van der Waals surface area contributed by atoms with E-state index in [0.29, 0.717) is 30.1 Å². The minimum absolute atomic E-state index is 0.460. The van der Waals surface area contributed by atoms with Crippen LogP contribution in [0.1, 0.15) is 24.8 Å². The number of aryl methyl sites for hydroxylation is 1. The maximum atomic E-state index is 8.95. The fourth-order valence-corrected chi connectivity index (χ4v) is 7.56. The Morgan fingerprint density at radius 2 is 1.93 bits per heavy atom. The number of nitrogens with one attached hydrogen (secondary N) is 2. The Kier molecular flexibility index (Phi) is 8.66. The SMILES string of the molecule is COc1cc(N2CCC(N3CC(CC#N)C3)CC2)c(C)cc1Nc1ncc(Br)c(Nc2ccn3ncnc3c2P(C)C)n1. The number of fused-ring (bicyclic) bond motifs is 1. The van der Waals surface area contributed by atoms with Crippen molar-refractivity contribution >= 4 is 63.6 Å². The van der Waals surface area contributed by atoms with Crippen LogP contribution < -0.4 is 25.6 Å². The molecule has 2 N–H and O–H groups in total. The van der Waals surface area contributed by atoms with Crippen LogP contribution in [-0.2, 0) is 0 Å². The van der Waals surface area contributed by atoms with Gasteiger partial charge in [-0.25, -0.2) is 14.5 Å². The van der Waals surface area contributed by atoms with Crippen LogP contribution in [0.2, 0.25) is 0 Å². The van der Waals surface area contributed by atoms with Gasteiger partial charge in [0.15, 0.2) is 5.65 Å². The number of rotatable bonds is 9. The second-order valence-electron chi connectivity index (χ2n) is 11.4. The minimum atomic E-state index is -0.464. The smallest absolute Gasteiger partial charge is 0.229 e. The molecule has 4 aromatic rings. The van der Waals surface area contributed by atoms with Gasteiger partial charge in [0, 0.05) is 68.1 Å². The number of nitriles is 1. The molecule has 5 heterocycles. The summed E-state index contributed by atoms with van der Waals surface area (Å²) in [5.41, 5.74) is 4.96.